The summed E-state index contributed by atoms with van der Waals surface area (Å²) in [6, 6.07) is 3.68. The molecule has 7 heteroatoms. The number of hydrogen-bond acceptors (Lipinski definition) is 3. The third-order valence-electron chi connectivity index (χ3n) is 2.56. The van der Waals surface area contributed by atoms with E-state index in [0.29, 0.717) is 11.3 Å². The summed E-state index contributed by atoms with van der Waals surface area (Å²) in [6.45, 7) is 3.05. The van der Waals surface area contributed by atoms with Crippen LogP contribution in [0.2, 0.25) is 0 Å². The van der Waals surface area contributed by atoms with Gasteiger partial charge in [0.1, 0.15) is 0 Å². The van der Waals surface area contributed by atoms with E-state index in [2.05, 4.69) is 10.7 Å². The second-order valence-electron chi connectivity index (χ2n) is 4.37. The van der Waals surface area contributed by atoms with Crippen LogP contribution >= 0.6 is 0 Å². The van der Waals surface area contributed by atoms with Crippen molar-refractivity contribution >= 4 is 11.6 Å². The second-order valence-corrected chi connectivity index (χ2v) is 4.37. The van der Waals surface area contributed by atoms with E-state index >= 15 is 0 Å². The van der Waals surface area contributed by atoms with Gasteiger partial charge >= 0.3 is 6.18 Å². The number of carbonyl (C=O) groups excluding carboxylic acids is 1. The molecule has 0 radical (unpaired) electrons. The van der Waals surface area contributed by atoms with Gasteiger partial charge in [-0.1, -0.05) is 0 Å². The lowest BCUT2D eigenvalue weighted by Crippen LogP contribution is -2.36. The molecular formula is C12H16F3N3O. The van der Waals surface area contributed by atoms with Crippen LogP contribution in [0, 0.1) is 6.92 Å². The van der Waals surface area contributed by atoms with Crippen molar-refractivity contribution in [1.29, 1.82) is 0 Å². The Kier molecular flexibility index (Phi) is 4.77. The lowest BCUT2D eigenvalue weighted by molar-refractivity contribution is -0.138. The number of amides is 1. The number of rotatable bonds is 4. The van der Waals surface area contributed by atoms with Gasteiger partial charge in [-0.2, -0.15) is 13.2 Å². The first-order chi connectivity index (χ1) is 8.73. The Bertz CT molecular complexity index is 460. The first kappa shape index (κ1) is 15.3. The van der Waals surface area contributed by atoms with Crippen molar-refractivity contribution in [2.45, 2.75) is 32.5 Å². The summed E-state index contributed by atoms with van der Waals surface area (Å²) in [5.74, 6) is 4.71. The number of benzene rings is 1. The quantitative estimate of drug-likeness (QED) is 0.583. The van der Waals surface area contributed by atoms with Crippen molar-refractivity contribution in [3.05, 3.63) is 29.3 Å². The summed E-state index contributed by atoms with van der Waals surface area (Å²) in [5, 5.41) is 2.31. The number of hydrazine groups is 1. The van der Waals surface area contributed by atoms with Crippen LogP contribution in [0.25, 0.3) is 0 Å². The first-order valence-electron chi connectivity index (χ1n) is 5.68. The predicted molar refractivity (Wildman–Crippen MR) is 66.6 cm³/mol. The first-order valence-corrected chi connectivity index (χ1v) is 5.68. The standard InChI is InChI=1S/C12H16F3N3O/c1-7-5-9(3-4-10(7)18-16)11(19)17-8(2)6-12(13,14)15/h3-5,8,18H,6,16H2,1-2H3,(H,17,19). The molecule has 4 nitrogen and oxygen atoms in total. The third kappa shape index (κ3) is 4.78. The number of nitrogens with two attached hydrogens (primary N) is 1. The number of nitrogen functional groups attached to an aromatic ring is 1. The molecule has 1 rings (SSSR count). The minimum Gasteiger partial charge on any atom is -0.349 e. The Balaban J connectivity index is 2.71. The number of nitrogens with one attached hydrogen (secondary N) is 2. The van der Waals surface area contributed by atoms with E-state index in [1.165, 1.54) is 13.0 Å². The van der Waals surface area contributed by atoms with Crippen LogP contribution < -0.4 is 16.6 Å². The molecule has 0 saturated carbocycles. The summed E-state index contributed by atoms with van der Waals surface area (Å²) in [5.41, 5.74) is 4.14. The van der Waals surface area contributed by atoms with E-state index in [4.69, 9.17) is 5.84 Å². The highest BCUT2D eigenvalue weighted by Gasteiger charge is 2.30. The predicted octanol–water partition coefficient (Wildman–Crippen LogP) is 2.35. The molecule has 0 aliphatic rings. The number of halogens is 3. The molecule has 0 aromatic heterocycles. The van der Waals surface area contributed by atoms with Gasteiger partial charge in [0.2, 0.25) is 0 Å². The van der Waals surface area contributed by atoms with E-state index < -0.39 is 24.5 Å². The Morgan fingerprint density at radius 2 is 2.05 bits per heavy atom. The molecule has 0 fully saturated rings. The second kappa shape index (κ2) is 5.92. The molecule has 0 aliphatic heterocycles. The lowest BCUT2D eigenvalue weighted by Gasteiger charge is -2.16. The van der Waals surface area contributed by atoms with Crippen LogP contribution in [0.3, 0.4) is 0 Å². The third-order valence-corrected chi connectivity index (χ3v) is 2.56. The van der Waals surface area contributed by atoms with Crippen LogP contribution in [0.15, 0.2) is 18.2 Å². The maximum absolute atomic E-state index is 12.1. The van der Waals surface area contributed by atoms with Crippen molar-refractivity contribution in [2.24, 2.45) is 5.84 Å². The monoisotopic (exact) mass is 275 g/mol. The average molecular weight is 275 g/mol. The minimum atomic E-state index is -4.30. The number of hydrogen-bond donors (Lipinski definition) is 3. The molecule has 0 bridgehead atoms. The topological polar surface area (TPSA) is 67.2 Å². The summed E-state index contributed by atoms with van der Waals surface area (Å²) >= 11 is 0. The SMILES string of the molecule is Cc1cc(C(=O)NC(C)CC(F)(F)F)ccc1NN. The van der Waals surface area contributed by atoms with E-state index in [1.54, 1.807) is 19.1 Å². The highest BCUT2D eigenvalue weighted by molar-refractivity contribution is 5.95. The molecule has 1 unspecified atom stereocenters. The summed E-state index contributed by atoms with van der Waals surface area (Å²) < 4.78 is 36.4. The molecule has 1 aromatic carbocycles. The normalized spacial score (nSPS) is 12.9. The number of aryl methyl sites for hydroxylation is 1. The van der Waals surface area contributed by atoms with Crippen molar-refractivity contribution in [3.8, 4) is 0 Å². The Morgan fingerprint density at radius 1 is 1.42 bits per heavy atom. The van der Waals surface area contributed by atoms with E-state index in [1.807, 2.05) is 0 Å². The Morgan fingerprint density at radius 3 is 2.53 bits per heavy atom. The molecule has 1 amide bonds. The van der Waals surface area contributed by atoms with Gasteiger partial charge in [0.05, 0.1) is 12.1 Å². The fraction of sp³-hybridized carbons (Fsp3) is 0.417. The molecule has 4 N–H and O–H groups in total. The van der Waals surface area contributed by atoms with Gasteiger partial charge < -0.3 is 10.7 Å². The zero-order chi connectivity index (χ0) is 14.6. The van der Waals surface area contributed by atoms with Gasteiger partial charge in [-0.3, -0.25) is 10.6 Å². The van der Waals surface area contributed by atoms with Crippen molar-refractivity contribution < 1.29 is 18.0 Å². The van der Waals surface area contributed by atoms with Crippen LogP contribution in [0.4, 0.5) is 18.9 Å². The molecule has 0 heterocycles. The highest BCUT2D eigenvalue weighted by Crippen LogP contribution is 2.21. The lowest BCUT2D eigenvalue weighted by atomic mass is 10.1. The summed E-state index contributed by atoms with van der Waals surface area (Å²) in [7, 11) is 0. The van der Waals surface area contributed by atoms with Crippen LogP contribution in [0.5, 0.6) is 0 Å². The van der Waals surface area contributed by atoms with E-state index in [-0.39, 0.29) is 0 Å². The molecular weight excluding hydrogens is 259 g/mol. The molecule has 0 spiro atoms. The average Bonchev–Trinajstić information content (AvgIpc) is 2.26. The molecule has 19 heavy (non-hydrogen) atoms. The fourth-order valence-electron chi connectivity index (χ4n) is 1.67. The minimum absolute atomic E-state index is 0.297. The van der Waals surface area contributed by atoms with E-state index in [9.17, 15) is 18.0 Å². The maximum Gasteiger partial charge on any atom is 0.391 e. The van der Waals surface area contributed by atoms with Crippen LogP contribution in [-0.4, -0.2) is 18.1 Å². The molecule has 1 aromatic rings. The van der Waals surface area contributed by atoms with Gasteiger partial charge in [0.15, 0.2) is 0 Å². The zero-order valence-electron chi connectivity index (χ0n) is 10.6. The molecule has 0 aliphatic carbocycles. The van der Waals surface area contributed by atoms with Crippen molar-refractivity contribution in [2.75, 3.05) is 5.43 Å². The number of alkyl halides is 3. The van der Waals surface area contributed by atoms with Gasteiger partial charge in [-0.05, 0) is 37.6 Å². The number of anilines is 1. The number of carbonyl (C=O) groups is 1. The van der Waals surface area contributed by atoms with Gasteiger partial charge in [0.25, 0.3) is 5.91 Å². The van der Waals surface area contributed by atoms with Crippen LogP contribution in [0.1, 0.15) is 29.3 Å². The zero-order valence-corrected chi connectivity index (χ0v) is 10.6. The largest absolute Gasteiger partial charge is 0.391 e. The smallest absolute Gasteiger partial charge is 0.349 e. The summed E-state index contributed by atoms with van der Waals surface area (Å²) in [4.78, 5) is 11.8. The Hall–Kier alpha value is -1.76. The molecule has 1 atom stereocenters. The van der Waals surface area contributed by atoms with Crippen molar-refractivity contribution in [1.82, 2.24) is 5.32 Å². The van der Waals surface area contributed by atoms with Gasteiger partial charge in [0, 0.05) is 11.6 Å². The highest BCUT2D eigenvalue weighted by atomic mass is 19.4. The summed E-state index contributed by atoms with van der Waals surface area (Å²) in [6.07, 6.45) is -5.35. The van der Waals surface area contributed by atoms with Crippen molar-refractivity contribution in [3.63, 3.8) is 0 Å². The van der Waals surface area contributed by atoms with Gasteiger partial charge in [-0.25, -0.2) is 0 Å². The maximum atomic E-state index is 12.1. The molecule has 0 saturated heterocycles. The van der Waals surface area contributed by atoms with Crippen LogP contribution in [-0.2, 0) is 0 Å². The molecule has 106 valence electrons. The van der Waals surface area contributed by atoms with E-state index in [0.717, 1.165) is 5.56 Å². The van der Waals surface area contributed by atoms with Gasteiger partial charge in [-0.15, -0.1) is 0 Å². The Labute approximate surface area is 109 Å². The fourth-order valence-corrected chi connectivity index (χ4v) is 1.67.